The Morgan fingerprint density at radius 2 is 1.85 bits per heavy atom. The number of nitrogens with two attached hydrogens (primary N) is 1. The minimum Gasteiger partial charge on any atom is -0.397 e. The molecule has 104 valence electrons. The van der Waals surface area contributed by atoms with E-state index in [4.69, 9.17) is 28.9 Å². The molecule has 0 aromatic heterocycles. The SMILES string of the molecule is Nc1cc(Cl)c(Cl)cc1NC1CCCc2ccccc21. The molecule has 0 bridgehead atoms. The fraction of sp³-hybridized carbons (Fsp3) is 0.250. The molecule has 0 amide bonds. The molecule has 0 heterocycles. The second-order valence-electron chi connectivity index (χ2n) is 5.14. The number of aryl methyl sites for hydroxylation is 1. The fourth-order valence-corrected chi connectivity index (χ4v) is 3.11. The highest BCUT2D eigenvalue weighted by Crippen LogP contribution is 2.36. The smallest absolute Gasteiger partial charge is 0.0614 e. The van der Waals surface area contributed by atoms with Crippen molar-refractivity contribution < 1.29 is 0 Å². The van der Waals surface area contributed by atoms with Gasteiger partial charge in [-0.15, -0.1) is 0 Å². The van der Waals surface area contributed by atoms with Gasteiger partial charge in [0.15, 0.2) is 0 Å². The summed E-state index contributed by atoms with van der Waals surface area (Å²) in [6, 6.07) is 12.3. The zero-order valence-corrected chi connectivity index (χ0v) is 12.5. The molecular weight excluding hydrogens is 291 g/mol. The normalized spacial score (nSPS) is 17.6. The summed E-state index contributed by atoms with van der Waals surface area (Å²) in [5.41, 5.74) is 10.3. The van der Waals surface area contributed by atoms with E-state index in [9.17, 15) is 0 Å². The Morgan fingerprint density at radius 3 is 2.70 bits per heavy atom. The molecule has 0 radical (unpaired) electrons. The van der Waals surface area contributed by atoms with Gasteiger partial charge < -0.3 is 11.1 Å². The zero-order chi connectivity index (χ0) is 14.1. The number of nitrogen functional groups attached to an aromatic ring is 1. The molecule has 0 saturated heterocycles. The molecule has 3 N–H and O–H groups in total. The molecule has 0 aliphatic heterocycles. The minimum atomic E-state index is 0.277. The lowest BCUT2D eigenvalue weighted by Gasteiger charge is -2.28. The Labute approximate surface area is 128 Å². The van der Waals surface area contributed by atoms with Gasteiger partial charge in [0.2, 0.25) is 0 Å². The first-order valence-corrected chi connectivity index (χ1v) is 7.49. The topological polar surface area (TPSA) is 38.0 Å². The van der Waals surface area contributed by atoms with Crippen molar-refractivity contribution in [2.75, 3.05) is 11.1 Å². The minimum absolute atomic E-state index is 0.277. The largest absolute Gasteiger partial charge is 0.397 e. The number of hydrogen-bond acceptors (Lipinski definition) is 2. The maximum absolute atomic E-state index is 6.08. The third-order valence-corrected chi connectivity index (χ3v) is 4.51. The van der Waals surface area contributed by atoms with Crippen LogP contribution in [0.4, 0.5) is 11.4 Å². The van der Waals surface area contributed by atoms with Crippen LogP contribution in [0.15, 0.2) is 36.4 Å². The zero-order valence-electron chi connectivity index (χ0n) is 11.0. The number of hydrogen-bond donors (Lipinski definition) is 2. The molecule has 2 nitrogen and oxygen atoms in total. The van der Waals surface area contributed by atoms with Crippen molar-refractivity contribution >= 4 is 34.6 Å². The van der Waals surface area contributed by atoms with E-state index in [1.807, 2.05) is 0 Å². The van der Waals surface area contributed by atoms with Gasteiger partial charge in [0.05, 0.1) is 27.5 Å². The maximum Gasteiger partial charge on any atom is 0.0614 e. The van der Waals surface area contributed by atoms with Crippen LogP contribution in [0.1, 0.15) is 30.0 Å². The Bertz CT molecular complexity index is 640. The highest BCUT2D eigenvalue weighted by Gasteiger charge is 2.20. The van der Waals surface area contributed by atoms with E-state index in [1.54, 1.807) is 12.1 Å². The highest BCUT2D eigenvalue weighted by atomic mass is 35.5. The van der Waals surface area contributed by atoms with Gasteiger partial charge in [-0.1, -0.05) is 47.5 Å². The van der Waals surface area contributed by atoms with Crippen LogP contribution in [0.3, 0.4) is 0 Å². The molecule has 4 heteroatoms. The average Bonchev–Trinajstić information content (AvgIpc) is 2.45. The summed E-state index contributed by atoms with van der Waals surface area (Å²) in [6.45, 7) is 0. The van der Waals surface area contributed by atoms with Gasteiger partial charge in [0.25, 0.3) is 0 Å². The predicted molar refractivity (Wildman–Crippen MR) is 86.6 cm³/mol. The van der Waals surface area contributed by atoms with Crippen molar-refractivity contribution in [1.29, 1.82) is 0 Å². The maximum atomic E-state index is 6.08. The quantitative estimate of drug-likeness (QED) is 0.761. The molecule has 1 atom stereocenters. The average molecular weight is 307 g/mol. The molecule has 20 heavy (non-hydrogen) atoms. The monoisotopic (exact) mass is 306 g/mol. The first-order valence-electron chi connectivity index (χ1n) is 6.74. The van der Waals surface area contributed by atoms with Crippen LogP contribution in [0, 0.1) is 0 Å². The Morgan fingerprint density at radius 1 is 1.10 bits per heavy atom. The lowest BCUT2D eigenvalue weighted by molar-refractivity contribution is 0.600. The number of rotatable bonds is 2. The van der Waals surface area contributed by atoms with Crippen molar-refractivity contribution in [2.24, 2.45) is 0 Å². The Balaban J connectivity index is 1.91. The summed E-state index contributed by atoms with van der Waals surface area (Å²) in [5, 5.41) is 4.51. The summed E-state index contributed by atoms with van der Waals surface area (Å²) >= 11 is 12.0. The van der Waals surface area contributed by atoms with Crippen LogP contribution in [0.25, 0.3) is 0 Å². The van der Waals surface area contributed by atoms with Crippen LogP contribution in [0.5, 0.6) is 0 Å². The van der Waals surface area contributed by atoms with Gasteiger partial charge in [0.1, 0.15) is 0 Å². The van der Waals surface area contributed by atoms with Crippen molar-refractivity contribution in [3.63, 3.8) is 0 Å². The fourth-order valence-electron chi connectivity index (χ4n) is 2.78. The third kappa shape index (κ3) is 2.58. The predicted octanol–water partition coefficient (Wildman–Crippen LogP) is 5.07. The van der Waals surface area contributed by atoms with E-state index in [1.165, 1.54) is 17.5 Å². The molecule has 0 saturated carbocycles. The van der Waals surface area contributed by atoms with E-state index in [-0.39, 0.29) is 6.04 Å². The van der Waals surface area contributed by atoms with Gasteiger partial charge in [-0.05, 0) is 42.5 Å². The molecule has 0 fully saturated rings. The van der Waals surface area contributed by atoms with E-state index >= 15 is 0 Å². The van der Waals surface area contributed by atoms with Gasteiger partial charge in [-0.25, -0.2) is 0 Å². The number of halogens is 2. The summed E-state index contributed by atoms with van der Waals surface area (Å²) in [7, 11) is 0. The van der Waals surface area contributed by atoms with Crippen LogP contribution in [0.2, 0.25) is 10.0 Å². The van der Waals surface area contributed by atoms with Crippen LogP contribution < -0.4 is 11.1 Å². The summed E-state index contributed by atoms with van der Waals surface area (Å²) in [5.74, 6) is 0. The molecule has 1 unspecified atom stereocenters. The van der Waals surface area contributed by atoms with Gasteiger partial charge >= 0.3 is 0 Å². The summed E-state index contributed by atoms with van der Waals surface area (Å²) < 4.78 is 0. The standard InChI is InChI=1S/C16H16Cl2N2/c17-12-8-14(19)16(9-13(12)18)20-15-7-3-5-10-4-1-2-6-11(10)15/h1-2,4,6,8-9,15,20H,3,5,7,19H2. The number of anilines is 2. The molecule has 2 aromatic carbocycles. The lowest BCUT2D eigenvalue weighted by Crippen LogP contribution is -2.17. The summed E-state index contributed by atoms with van der Waals surface area (Å²) in [4.78, 5) is 0. The van der Waals surface area contributed by atoms with Crippen molar-refractivity contribution in [1.82, 2.24) is 0 Å². The van der Waals surface area contributed by atoms with E-state index in [0.717, 1.165) is 18.5 Å². The van der Waals surface area contributed by atoms with Crippen molar-refractivity contribution in [2.45, 2.75) is 25.3 Å². The van der Waals surface area contributed by atoms with Crippen LogP contribution >= 0.6 is 23.2 Å². The van der Waals surface area contributed by atoms with Crippen LogP contribution in [-0.2, 0) is 6.42 Å². The van der Waals surface area contributed by atoms with Crippen molar-refractivity contribution in [3.05, 3.63) is 57.6 Å². The van der Waals surface area contributed by atoms with Gasteiger partial charge in [0, 0.05) is 0 Å². The Kier molecular flexibility index (Phi) is 3.77. The number of nitrogens with one attached hydrogen (secondary N) is 1. The Hall–Kier alpha value is -1.38. The second kappa shape index (κ2) is 5.55. The molecule has 1 aliphatic carbocycles. The van der Waals surface area contributed by atoms with Gasteiger partial charge in [-0.2, -0.15) is 0 Å². The molecule has 3 rings (SSSR count). The molecule has 1 aliphatic rings. The van der Waals surface area contributed by atoms with Crippen molar-refractivity contribution in [3.8, 4) is 0 Å². The first-order chi connectivity index (χ1) is 9.65. The molecule has 2 aromatic rings. The first kappa shape index (κ1) is 13.6. The van der Waals surface area contributed by atoms with Crippen LogP contribution in [-0.4, -0.2) is 0 Å². The second-order valence-corrected chi connectivity index (χ2v) is 5.96. The highest BCUT2D eigenvalue weighted by molar-refractivity contribution is 6.42. The van der Waals surface area contributed by atoms with E-state index in [2.05, 4.69) is 29.6 Å². The third-order valence-electron chi connectivity index (χ3n) is 3.79. The number of benzene rings is 2. The lowest BCUT2D eigenvalue weighted by atomic mass is 9.87. The van der Waals surface area contributed by atoms with E-state index in [0.29, 0.717) is 15.7 Å². The van der Waals surface area contributed by atoms with E-state index < -0.39 is 0 Å². The number of fused-ring (bicyclic) bond motifs is 1. The molecule has 0 spiro atoms. The summed E-state index contributed by atoms with van der Waals surface area (Å²) in [6.07, 6.45) is 3.41. The van der Waals surface area contributed by atoms with Gasteiger partial charge in [-0.3, -0.25) is 0 Å². The molecular formula is C16H16Cl2N2.